The molecule has 0 spiro atoms. The Morgan fingerprint density at radius 2 is 1.75 bits per heavy atom. The maximum absolute atomic E-state index is 12.2. The van der Waals surface area contributed by atoms with Crippen LogP contribution in [0, 0.1) is 0 Å². The van der Waals surface area contributed by atoms with Crippen LogP contribution in [0.4, 0.5) is 0 Å². The Balaban J connectivity index is 1.55. The van der Waals surface area contributed by atoms with Crippen molar-refractivity contribution in [3.63, 3.8) is 0 Å². The molecule has 0 aliphatic carbocycles. The van der Waals surface area contributed by atoms with Gasteiger partial charge in [-0.15, -0.1) is 11.3 Å². The predicted octanol–water partition coefficient (Wildman–Crippen LogP) is 2.51. The van der Waals surface area contributed by atoms with Gasteiger partial charge in [-0.1, -0.05) is 17.2 Å². The topological polar surface area (TPSA) is 92.4 Å². The number of carbonyl (C=O) groups is 3. The summed E-state index contributed by atoms with van der Waals surface area (Å²) in [7, 11) is 0. The van der Waals surface area contributed by atoms with Gasteiger partial charge in [0.2, 0.25) is 0 Å². The van der Waals surface area contributed by atoms with Gasteiger partial charge in [0.1, 0.15) is 4.88 Å². The average Bonchev–Trinajstić information content (AvgIpc) is 3.32. The summed E-state index contributed by atoms with van der Waals surface area (Å²) in [4.78, 5) is 42.7. The van der Waals surface area contributed by atoms with Crippen molar-refractivity contribution in [3.05, 3.63) is 64.7 Å². The fraction of sp³-hybridized carbons (Fsp3) is 0. The molecule has 0 unspecified atom stereocenters. The van der Waals surface area contributed by atoms with Crippen molar-refractivity contribution in [1.29, 1.82) is 0 Å². The number of H-pyrrole nitrogens is 1. The number of hydrogen-bond donors (Lipinski definition) is 1. The summed E-state index contributed by atoms with van der Waals surface area (Å²) in [5.74, 6) is -2.05. The Labute approximate surface area is 139 Å². The molecule has 1 aromatic carbocycles. The number of carbonyl (C=O) groups excluding carboxylic acids is 3. The Morgan fingerprint density at radius 1 is 1.04 bits per heavy atom. The number of aromatic amines is 1. The van der Waals surface area contributed by atoms with E-state index in [1.807, 2.05) is 0 Å². The number of nitrogens with one attached hydrogen (secondary N) is 1. The number of imide groups is 1. The maximum atomic E-state index is 12.2. The molecule has 7 nitrogen and oxygen atoms in total. The first-order chi connectivity index (χ1) is 11.6. The molecule has 1 aliphatic rings. The summed E-state index contributed by atoms with van der Waals surface area (Å²) < 4.78 is 0. The van der Waals surface area contributed by atoms with Gasteiger partial charge in [-0.25, -0.2) is 4.79 Å². The Morgan fingerprint density at radius 3 is 2.38 bits per heavy atom. The van der Waals surface area contributed by atoms with Gasteiger partial charge in [-0.05, 0) is 30.3 Å². The second-order valence-electron chi connectivity index (χ2n) is 4.96. The number of benzene rings is 1. The van der Waals surface area contributed by atoms with Gasteiger partial charge in [0.15, 0.2) is 0 Å². The Hall–Kier alpha value is -3.26. The van der Waals surface area contributed by atoms with Gasteiger partial charge in [-0.2, -0.15) is 5.10 Å². The number of thiophene rings is 1. The van der Waals surface area contributed by atoms with Crippen molar-refractivity contribution >= 4 is 29.1 Å². The third-order valence-corrected chi connectivity index (χ3v) is 4.60. The van der Waals surface area contributed by atoms with Crippen molar-refractivity contribution in [3.8, 4) is 10.6 Å². The minimum absolute atomic E-state index is 0.222. The quantitative estimate of drug-likeness (QED) is 0.740. The molecule has 0 atom stereocenters. The van der Waals surface area contributed by atoms with E-state index in [-0.39, 0.29) is 16.0 Å². The lowest BCUT2D eigenvalue weighted by Crippen LogP contribution is -2.32. The number of hydrogen-bond acceptors (Lipinski definition) is 6. The number of hydroxylamine groups is 2. The number of nitrogens with zero attached hydrogens (tertiary/aromatic N) is 2. The van der Waals surface area contributed by atoms with Crippen molar-refractivity contribution in [2.45, 2.75) is 0 Å². The second-order valence-corrected chi connectivity index (χ2v) is 6.05. The first kappa shape index (κ1) is 14.3. The molecule has 4 rings (SSSR count). The minimum Gasteiger partial charge on any atom is -0.323 e. The summed E-state index contributed by atoms with van der Waals surface area (Å²) in [5.41, 5.74) is 1.21. The number of rotatable bonds is 3. The van der Waals surface area contributed by atoms with Crippen LogP contribution < -0.4 is 0 Å². The SMILES string of the molecule is O=C(ON1C(=O)c2ccccc2C1=O)c1ccc(-c2ccn[nH]2)s1. The molecule has 3 heterocycles. The van der Waals surface area contributed by atoms with E-state index in [0.29, 0.717) is 5.06 Å². The van der Waals surface area contributed by atoms with E-state index in [1.165, 1.54) is 23.5 Å². The first-order valence-electron chi connectivity index (χ1n) is 6.95. The highest BCUT2D eigenvalue weighted by Gasteiger charge is 2.38. The standard InChI is InChI=1S/C16H9N3O4S/c20-14-9-3-1-2-4-10(9)15(21)19(14)23-16(22)13-6-5-12(24-13)11-7-8-17-18-11/h1-8H,(H,17,18). The van der Waals surface area contributed by atoms with Crippen LogP contribution in [0.25, 0.3) is 10.6 Å². The van der Waals surface area contributed by atoms with Crippen molar-refractivity contribution in [2.24, 2.45) is 0 Å². The summed E-state index contributed by atoms with van der Waals surface area (Å²) in [6, 6.07) is 11.4. The zero-order chi connectivity index (χ0) is 16.7. The van der Waals surface area contributed by atoms with Crippen LogP contribution in [0.1, 0.15) is 30.4 Å². The van der Waals surface area contributed by atoms with E-state index in [4.69, 9.17) is 4.84 Å². The number of fused-ring (bicyclic) bond motifs is 1. The smallest absolute Gasteiger partial charge is 0.323 e. The Kier molecular flexibility index (Phi) is 3.24. The van der Waals surface area contributed by atoms with Crippen LogP contribution in [0.3, 0.4) is 0 Å². The number of aromatic nitrogens is 2. The van der Waals surface area contributed by atoms with Gasteiger partial charge in [0.05, 0.1) is 21.7 Å². The molecule has 0 saturated carbocycles. The molecule has 8 heteroatoms. The van der Waals surface area contributed by atoms with Crippen LogP contribution in [0.2, 0.25) is 0 Å². The first-order valence-corrected chi connectivity index (χ1v) is 7.76. The fourth-order valence-corrected chi connectivity index (χ4v) is 3.22. The van der Waals surface area contributed by atoms with Gasteiger partial charge in [0, 0.05) is 6.20 Å². The summed E-state index contributed by atoms with van der Waals surface area (Å²) in [5, 5.41) is 7.14. The molecule has 0 bridgehead atoms. The molecule has 1 N–H and O–H groups in total. The zero-order valence-corrected chi connectivity index (χ0v) is 12.9. The maximum Gasteiger partial charge on any atom is 0.373 e. The van der Waals surface area contributed by atoms with E-state index in [2.05, 4.69) is 10.2 Å². The van der Waals surface area contributed by atoms with Crippen LogP contribution in [-0.2, 0) is 4.84 Å². The molecule has 2 amide bonds. The van der Waals surface area contributed by atoms with Crippen LogP contribution >= 0.6 is 11.3 Å². The molecule has 1 aliphatic heterocycles. The second kappa shape index (κ2) is 5.43. The van der Waals surface area contributed by atoms with Crippen molar-refractivity contribution in [2.75, 3.05) is 0 Å². The van der Waals surface area contributed by atoms with Gasteiger partial charge in [0.25, 0.3) is 11.8 Å². The highest BCUT2D eigenvalue weighted by Crippen LogP contribution is 2.28. The van der Waals surface area contributed by atoms with Crippen molar-refractivity contribution in [1.82, 2.24) is 15.3 Å². The van der Waals surface area contributed by atoms with E-state index < -0.39 is 17.8 Å². The highest BCUT2D eigenvalue weighted by atomic mass is 32.1. The average molecular weight is 339 g/mol. The largest absolute Gasteiger partial charge is 0.373 e. The van der Waals surface area contributed by atoms with Gasteiger partial charge in [-0.3, -0.25) is 14.7 Å². The Bertz CT molecular complexity index is 926. The summed E-state index contributed by atoms with van der Waals surface area (Å²) in [6.45, 7) is 0. The molecule has 24 heavy (non-hydrogen) atoms. The molecule has 2 aromatic heterocycles. The lowest BCUT2D eigenvalue weighted by molar-refractivity contribution is -0.0581. The van der Waals surface area contributed by atoms with Gasteiger partial charge < -0.3 is 4.84 Å². The van der Waals surface area contributed by atoms with E-state index >= 15 is 0 Å². The highest BCUT2D eigenvalue weighted by molar-refractivity contribution is 7.17. The van der Waals surface area contributed by atoms with Crippen LogP contribution in [0.15, 0.2) is 48.7 Å². The third kappa shape index (κ3) is 2.20. The van der Waals surface area contributed by atoms with E-state index in [1.54, 1.807) is 36.5 Å². The van der Waals surface area contributed by atoms with Gasteiger partial charge >= 0.3 is 5.97 Å². The molecule has 3 aromatic rings. The minimum atomic E-state index is -0.764. The predicted molar refractivity (Wildman–Crippen MR) is 84.3 cm³/mol. The van der Waals surface area contributed by atoms with Crippen molar-refractivity contribution < 1.29 is 19.2 Å². The monoisotopic (exact) mass is 339 g/mol. The molecular formula is C16H9N3O4S. The third-order valence-electron chi connectivity index (χ3n) is 3.50. The van der Waals surface area contributed by atoms with Crippen LogP contribution in [-0.4, -0.2) is 33.0 Å². The molecule has 118 valence electrons. The zero-order valence-electron chi connectivity index (χ0n) is 12.1. The summed E-state index contributed by atoms with van der Waals surface area (Å²) in [6.07, 6.45) is 1.60. The fourth-order valence-electron chi connectivity index (χ4n) is 2.36. The molecule has 0 saturated heterocycles. The normalized spacial score (nSPS) is 13.2. The lowest BCUT2D eigenvalue weighted by atomic mass is 10.1. The number of amides is 2. The summed E-state index contributed by atoms with van der Waals surface area (Å²) >= 11 is 1.17. The molecular weight excluding hydrogens is 330 g/mol. The molecule has 0 fully saturated rings. The van der Waals surface area contributed by atoms with E-state index in [9.17, 15) is 14.4 Å². The van der Waals surface area contributed by atoms with E-state index in [0.717, 1.165) is 10.6 Å². The lowest BCUT2D eigenvalue weighted by Gasteiger charge is -2.11. The van der Waals surface area contributed by atoms with Crippen LogP contribution in [0.5, 0.6) is 0 Å². The molecule has 0 radical (unpaired) electrons.